The van der Waals surface area contributed by atoms with Crippen LogP contribution in [-0.2, 0) is 18.4 Å². The van der Waals surface area contributed by atoms with Gasteiger partial charge in [0.25, 0.3) is 5.56 Å². The summed E-state index contributed by atoms with van der Waals surface area (Å²) in [5.74, 6) is -0.763. The monoisotopic (exact) mass is 304 g/mol. The van der Waals surface area contributed by atoms with Gasteiger partial charge in [-0.15, -0.1) is 11.3 Å². The third-order valence-electron chi connectivity index (χ3n) is 2.88. The Kier molecular flexibility index (Phi) is 4.05. The molecule has 0 radical (unpaired) electrons. The highest BCUT2D eigenvalue weighted by atomic mass is 32.1. The molecule has 108 valence electrons. The van der Waals surface area contributed by atoms with Crippen molar-refractivity contribution < 1.29 is 9.90 Å². The Morgan fingerprint density at radius 1 is 1.62 bits per heavy atom. The number of nitriles is 1. The van der Waals surface area contributed by atoms with Crippen LogP contribution in [0.3, 0.4) is 0 Å². The molecule has 0 atom stereocenters. The number of hydrogen-bond acceptors (Lipinski definition) is 5. The normalized spacial score (nSPS) is 13.1. The van der Waals surface area contributed by atoms with Crippen LogP contribution in [0, 0.1) is 11.3 Å². The van der Waals surface area contributed by atoms with E-state index in [-0.39, 0.29) is 16.8 Å². The lowest BCUT2D eigenvalue weighted by molar-refractivity contribution is -0.130. The van der Waals surface area contributed by atoms with Gasteiger partial charge in [0.2, 0.25) is 0 Å². The smallest absolute Gasteiger partial charge is 0.349 e. The van der Waals surface area contributed by atoms with Gasteiger partial charge in [0.15, 0.2) is 5.57 Å². The molecule has 21 heavy (non-hydrogen) atoms. The van der Waals surface area contributed by atoms with Crippen molar-refractivity contribution in [3.8, 4) is 6.07 Å². The lowest BCUT2D eigenvalue weighted by Crippen LogP contribution is -2.32. The van der Waals surface area contributed by atoms with Crippen LogP contribution in [0.1, 0.15) is 12.7 Å². The van der Waals surface area contributed by atoms with E-state index in [1.807, 2.05) is 0 Å². The van der Waals surface area contributed by atoms with Crippen molar-refractivity contribution in [3.05, 3.63) is 37.8 Å². The molecular formula is C13H12N4O3S. The molecule has 0 unspecified atom stereocenters. The highest BCUT2D eigenvalue weighted by Gasteiger charge is 2.13. The zero-order valence-corrected chi connectivity index (χ0v) is 12.2. The number of aromatic nitrogens is 3. The summed E-state index contributed by atoms with van der Waals surface area (Å²) < 4.78 is 3.51. The number of carboxylic acids is 1. The molecule has 0 spiro atoms. The minimum atomic E-state index is -1.34. The topological polar surface area (TPSA) is 101 Å². The number of carbonyl (C=O) groups is 1. The van der Waals surface area contributed by atoms with E-state index < -0.39 is 11.5 Å². The highest BCUT2D eigenvalue weighted by molar-refractivity contribution is 7.07. The van der Waals surface area contributed by atoms with Crippen molar-refractivity contribution in [2.45, 2.75) is 13.5 Å². The summed E-state index contributed by atoms with van der Waals surface area (Å²) in [4.78, 5) is 27.5. The Hall–Kier alpha value is -2.66. The number of nitrogens with zero attached hydrogens (tertiary/aromatic N) is 4. The number of imidazole rings is 1. The fourth-order valence-electron chi connectivity index (χ4n) is 1.81. The molecule has 8 heteroatoms. The molecule has 0 aliphatic heterocycles. The molecule has 2 aromatic rings. The molecule has 0 saturated heterocycles. The Morgan fingerprint density at radius 3 is 2.81 bits per heavy atom. The van der Waals surface area contributed by atoms with Gasteiger partial charge in [0.1, 0.15) is 16.6 Å². The van der Waals surface area contributed by atoms with Gasteiger partial charge in [-0.3, -0.25) is 9.36 Å². The first-order valence-corrected chi connectivity index (χ1v) is 6.87. The first-order valence-electron chi connectivity index (χ1n) is 6.06. The van der Waals surface area contributed by atoms with Crippen molar-refractivity contribution in [1.82, 2.24) is 14.1 Å². The minimum Gasteiger partial charge on any atom is -0.477 e. The molecule has 0 aliphatic rings. The first-order chi connectivity index (χ1) is 9.99. The molecule has 2 rings (SSSR count). The van der Waals surface area contributed by atoms with Gasteiger partial charge in [0.05, 0.1) is 4.53 Å². The summed E-state index contributed by atoms with van der Waals surface area (Å²) in [5, 5.41) is 18.0. The number of aliphatic carboxylic acids is 1. The molecule has 2 aromatic heterocycles. The zero-order valence-electron chi connectivity index (χ0n) is 11.4. The summed E-state index contributed by atoms with van der Waals surface area (Å²) in [6, 6.07) is 1.64. The number of hydrogen-bond donors (Lipinski definition) is 1. The number of carboxylic acid groups (broad SMARTS) is 1. The maximum absolute atomic E-state index is 12.3. The standard InChI is InChI=1S/C13H12N4O3S/c1-3-17-11(18)9(6-10-15-4-5-16(10)2)21-12(17)8(7-14)13(19)20/h4-6H,3H2,1-2H3,(H,19,20)/b9-6-,12-8-. The lowest BCUT2D eigenvalue weighted by Gasteiger charge is -1.95. The second-order valence-corrected chi connectivity index (χ2v) is 5.18. The van der Waals surface area contributed by atoms with Crippen molar-refractivity contribution in [1.29, 1.82) is 5.26 Å². The van der Waals surface area contributed by atoms with Crippen LogP contribution in [-0.4, -0.2) is 25.2 Å². The van der Waals surface area contributed by atoms with Gasteiger partial charge in [-0.2, -0.15) is 5.26 Å². The molecule has 0 saturated carbocycles. The van der Waals surface area contributed by atoms with Crippen molar-refractivity contribution in [3.63, 3.8) is 0 Å². The van der Waals surface area contributed by atoms with Gasteiger partial charge in [0, 0.05) is 32.1 Å². The van der Waals surface area contributed by atoms with Crippen molar-refractivity contribution >= 4 is 29.0 Å². The van der Waals surface area contributed by atoms with Crippen molar-refractivity contribution in [2.75, 3.05) is 0 Å². The molecule has 0 aromatic carbocycles. The third kappa shape index (κ3) is 2.64. The second kappa shape index (κ2) is 5.76. The second-order valence-electron chi connectivity index (χ2n) is 4.15. The summed E-state index contributed by atoms with van der Waals surface area (Å²) in [5.41, 5.74) is -0.757. The predicted molar refractivity (Wildman–Crippen MR) is 76.9 cm³/mol. The quantitative estimate of drug-likeness (QED) is 0.804. The van der Waals surface area contributed by atoms with E-state index in [4.69, 9.17) is 10.4 Å². The molecule has 0 bridgehead atoms. The molecule has 0 aliphatic carbocycles. The van der Waals surface area contributed by atoms with Crippen LogP contribution in [0.2, 0.25) is 0 Å². The number of thiazole rings is 1. The zero-order chi connectivity index (χ0) is 15.6. The van der Waals surface area contributed by atoms with Gasteiger partial charge in [-0.05, 0) is 6.92 Å². The van der Waals surface area contributed by atoms with Gasteiger partial charge in [-0.25, -0.2) is 9.78 Å². The van der Waals surface area contributed by atoms with E-state index >= 15 is 0 Å². The molecule has 1 N–H and O–H groups in total. The van der Waals surface area contributed by atoms with Gasteiger partial charge >= 0.3 is 5.97 Å². The number of aryl methyl sites for hydroxylation is 1. The fourth-order valence-corrected chi connectivity index (χ4v) is 2.94. The Morgan fingerprint density at radius 2 is 2.33 bits per heavy atom. The predicted octanol–water partition coefficient (Wildman–Crippen LogP) is -0.749. The summed E-state index contributed by atoms with van der Waals surface area (Å²) >= 11 is 0.980. The van der Waals surface area contributed by atoms with Crippen LogP contribution < -0.4 is 14.8 Å². The van der Waals surface area contributed by atoms with E-state index in [0.29, 0.717) is 10.4 Å². The maximum Gasteiger partial charge on any atom is 0.349 e. The van der Waals surface area contributed by atoms with E-state index in [9.17, 15) is 9.59 Å². The largest absolute Gasteiger partial charge is 0.477 e. The fraction of sp³-hybridized carbons (Fsp3) is 0.231. The van der Waals surface area contributed by atoms with E-state index in [1.165, 1.54) is 4.57 Å². The Bertz CT molecular complexity index is 911. The molecule has 0 fully saturated rings. The van der Waals surface area contributed by atoms with Gasteiger partial charge in [-0.1, -0.05) is 0 Å². The molecule has 2 heterocycles. The van der Waals surface area contributed by atoms with Crippen LogP contribution in [0.4, 0.5) is 0 Å². The molecule has 0 amide bonds. The summed E-state index contributed by atoms with van der Waals surface area (Å²) in [7, 11) is 1.79. The summed E-state index contributed by atoms with van der Waals surface area (Å²) in [6.07, 6.45) is 4.92. The molecule has 7 nitrogen and oxygen atoms in total. The van der Waals surface area contributed by atoms with E-state index in [0.717, 1.165) is 11.3 Å². The van der Waals surface area contributed by atoms with Gasteiger partial charge < -0.3 is 9.67 Å². The van der Waals surface area contributed by atoms with Crippen LogP contribution in [0.5, 0.6) is 0 Å². The minimum absolute atomic E-state index is 0.151. The van der Waals surface area contributed by atoms with Crippen molar-refractivity contribution in [2.24, 2.45) is 7.05 Å². The number of rotatable bonds is 3. The average molecular weight is 304 g/mol. The van der Waals surface area contributed by atoms with E-state index in [2.05, 4.69) is 4.98 Å². The van der Waals surface area contributed by atoms with Crippen LogP contribution in [0.25, 0.3) is 11.6 Å². The Balaban J connectivity index is 2.86. The maximum atomic E-state index is 12.3. The summed E-state index contributed by atoms with van der Waals surface area (Å²) in [6.45, 7) is 2.01. The average Bonchev–Trinajstić information content (AvgIpc) is 2.96. The first kappa shape index (κ1) is 14.7. The Labute approximate surface area is 123 Å². The molecular weight excluding hydrogens is 292 g/mol. The lowest BCUT2D eigenvalue weighted by atomic mass is 10.3. The highest BCUT2D eigenvalue weighted by Crippen LogP contribution is 1.96. The van der Waals surface area contributed by atoms with Crippen LogP contribution >= 0.6 is 11.3 Å². The van der Waals surface area contributed by atoms with Crippen LogP contribution in [0.15, 0.2) is 17.2 Å². The van der Waals surface area contributed by atoms with E-state index in [1.54, 1.807) is 43.1 Å². The third-order valence-corrected chi connectivity index (χ3v) is 4.01. The SMILES string of the molecule is CCn1c(=O)/c(=C/c2nccn2C)s/c1=C(/C#N)C(=O)O.